The molecule has 2 amide bonds. The van der Waals surface area contributed by atoms with Crippen molar-refractivity contribution in [2.45, 2.75) is 12.5 Å². The summed E-state index contributed by atoms with van der Waals surface area (Å²) in [4.78, 5) is 42.6. The SMILES string of the molecule is O=C(NC(O[PH](=O)OC(NC(=O)c1cnc(-c2cccnn2)nc1O)c1ccccc1)c1ccccc1)c1cnc(-c2cccnn2)nc1O. The monoisotopic (exact) mass is 692 g/mol. The molecule has 250 valence electrons. The Morgan fingerprint density at radius 2 is 1.04 bits per heavy atom. The average Bonchev–Trinajstić information content (AvgIpc) is 3.15. The minimum Gasteiger partial charge on any atom is -0.493 e. The number of rotatable bonds is 12. The van der Waals surface area contributed by atoms with Gasteiger partial charge in [0, 0.05) is 35.9 Å². The summed E-state index contributed by atoms with van der Waals surface area (Å²) in [6.45, 7) is 0. The van der Waals surface area contributed by atoms with Crippen LogP contribution in [-0.2, 0) is 13.6 Å². The van der Waals surface area contributed by atoms with Crippen molar-refractivity contribution in [2.75, 3.05) is 0 Å². The van der Waals surface area contributed by atoms with E-state index in [0.29, 0.717) is 11.1 Å². The lowest BCUT2D eigenvalue weighted by atomic mass is 10.2. The van der Waals surface area contributed by atoms with Gasteiger partial charge in [0.05, 0.1) is 0 Å². The number of amides is 2. The fourth-order valence-corrected chi connectivity index (χ4v) is 5.22. The van der Waals surface area contributed by atoms with E-state index in [0.717, 1.165) is 12.4 Å². The third-order valence-electron chi connectivity index (χ3n) is 6.79. The average molecular weight is 693 g/mol. The highest BCUT2D eigenvalue weighted by Crippen LogP contribution is 2.37. The summed E-state index contributed by atoms with van der Waals surface area (Å²) in [6, 6.07) is 23.0. The molecule has 2 aromatic carbocycles. The Bertz CT molecular complexity index is 1970. The van der Waals surface area contributed by atoms with E-state index in [-0.39, 0.29) is 34.2 Å². The molecule has 0 bridgehead atoms. The molecule has 2 atom stereocenters. The summed E-state index contributed by atoms with van der Waals surface area (Å²) in [5, 5.41) is 41.5. The van der Waals surface area contributed by atoms with Crippen molar-refractivity contribution in [3.05, 3.63) is 132 Å². The lowest BCUT2D eigenvalue weighted by molar-refractivity contribution is 0.0691. The molecule has 0 saturated heterocycles. The zero-order valence-corrected chi connectivity index (χ0v) is 26.6. The van der Waals surface area contributed by atoms with Crippen LogP contribution in [0, 0.1) is 0 Å². The van der Waals surface area contributed by atoms with Crippen LogP contribution in [0.2, 0.25) is 0 Å². The van der Waals surface area contributed by atoms with Crippen LogP contribution in [-0.4, -0.2) is 62.4 Å². The highest BCUT2D eigenvalue weighted by molar-refractivity contribution is 7.33. The Morgan fingerprint density at radius 3 is 1.40 bits per heavy atom. The van der Waals surface area contributed by atoms with Gasteiger partial charge in [0.15, 0.2) is 24.1 Å². The van der Waals surface area contributed by atoms with Crippen LogP contribution in [0.4, 0.5) is 0 Å². The van der Waals surface area contributed by atoms with Crippen molar-refractivity contribution in [1.82, 2.24) is 51.0 Å². The zero-order valence-electron chi connectivity index (χ0n) is 25.6. The molecule has 0 aliphatic rings. The van der Waals surface area contributed by atoms with Gasteiger partial charge in [-0.1, -0.05) is 60.7 Å². The number of hydrogen-bond donors (Lipinski definition) is 4. The quantitative estimate of drug-likeness (QED) is 0.106. The number of hydrogen-bond acceptors (Lipinski definition) is 15. The maximum atomic E-state index is 13.4. The molecule has 0 saturated carbocycles. The van der Waals surface area contributed by atoms with Crippen LogP contribution < -0.4 is 10.6 Å². The van der Waals surface area contributed by atoms with Crippen LogP contribution in [0.25, 0.3) is 23.0 Å². The summed E-state index contributed by atoms with van der Waals surface area (Å²) in [7, 11) is -3.54. The normalized spacial score (nSPS) is 12.7. The minimum absolute atomic E-state index is 0.0387. The van der Waals surface area contributed by atoms with Gasteiger partial charge in [0.1, 0.15) is 22.5 Å². The smallest absolute Gasteiger partial charge is 0.323 e. The van der Waals surface area contributed by atoms with Gasteiger partial charge < -0.3 is 20.8 Å². The highest BCUT2D eigenvalue weighted by atomic mass is 31.1. The van der Waals surface area contributed by atoms with Gasteiger partial charge in [0.2, 0.25) is 11.8 Å². The van der Waals surface area contributed by atoms with E-state index in [1.165, 1.54) is 12.4 Å². The van der Waals surface area contributed by atoms with E-state index < -0.39 is 44.3 Å². The molecular weight excluding hydrogens is 667 g/mol. The molecule has 4 N–H and O–H groups in total. The third kappa shape index (κ3) is 8.11. The lowest BCUT2D eigenvalue weighted by Gasteiger charge is -2.23. The maximum absolute atomic E-state index is 13.4. The molecule has 0 spiro atoms. The van der Waals surface area contributed by atoms with E-state index in [2.05, 4.69) is 51.0 Å². The van der Waals surface area contributed by atoms with E-state index in [9.17, 15) is 24.4 Å². The molecule has 6 aromatic rings. The summed E-state index contributed by atoms with van der Waals surface area (Å²) in [5.41, 5.74) is 0.708. The summed E-state index contributed by atoms with van der Waals surface area (Å²) in [5.74, 6) is -2.92. The number of aromatic hydroxyl groups is 2. The van der Waals surface area contributed by atoms with Gasteiger partial charge in [-0.3, -0.25) is 23.2 Å². The predicted molar refractivity (Wildman–Crippen MR) is 174 cm³/mol. The molecule has 50 heavy (non-hydrogen) atoms. The van der Waals surface area contributed by atoms with Crippen molar-refractivity contribution >= 4 is 20.1 Å². The Balaban J connectivity index is 1.19. The molecule has 4 aromatic heterocycles. The van der Waals surface area contributed by atoms with Crippen LogP contribution in [0.5, 0.6) is 11.8 Å². The number of nitrogens with one attached hydrogen (secondary N) is 2. The standard InChI is InChI=1S/C32H25N10O7P/c43-27-21(17-33-25(37-27)23-13-7-15-35-41-23)29(45)39-31(19-9-3-1-4-10-19)48-50(47)49-32(20-11-5-2-6-12-20)40-30(46)22-18-34-26(38-28(22)44)24-14-8-16-36-42-24/h1-18,31-32,50H,(H,39,45)(H,40,46)(H,33,37,43)(H,34,38,44). The first kappa shape index (κ1) is 33.4. The van der Waals surface area contributed by atoms with Gasteiger partial charge in [-0.25, -0.2) is 9.97 Å². The van der Waals surface area contributed by atoms with Gasteiger partial charge in [-0.05, 0) is 24.3 Å². The Kier molecular flexibility index (Phi) is 10.4. The second kappa shape index (κ2) is 15.6. The van der Waals surface area contributed by atoms with Gasteiger partial charge in [-0.2, -0.15) is 20.2 Å². The summed E-state index contributed by atoms with van der Waals surface area (Å²) >= 11 is 0. The molecule has 0 radical (unpaired) electrons. The molecule has 2 unspecified atom stereocenters. The van der Waals surface area contributed by atoms with Crippen LogP contribution in [0.15, 0.2) is 110 Å². The van der Waals surface area contributed by atoms with E-state index >= 15 is 0 Å². The number of aromatic nitrogens is 8. The Labute approximate surface area is 283 Å². The fourth-order valence-electron chi connectivity index (χ4n) is 4.39. The fraction of sp³-hybridized carbons (Fsp3) is 0.0625. The topological polar surface area (TPSA) is 237 Å². The number of carbonyl (C=O) groups excluding carboxylic acids is 2. The predicted octanol–water partition coefficient (Wildman–Crippen LogP) is 3.57. The third-order valence-corrected chi connectivity index (χ3v) is 7.64. The molecule has 6 rings (SSSR count). The molecule has 4 heterocycles. The first-order valence-corrected chi connectivity index (χ1v) is 15.8. The largest absolute Gasteiger partial charge is 0.493 e. The second-order valence-corrected chi connectivity index (χ2v) is 11.1. The van der Waals surface area contributed by atoms with Crippen molar-refractivity contribution in [1.29, 1.82) is 0 Å². The Morgan fingerprint density at radius 1 is 0.620 bits per heavy atom. The van der Waals surface area contributed by atoms with Crippen molar-refractivity contribution in [2.24, 2.45) is 0 Å². The maximum Gasteiger partial charge on any atom is 0.323 e. The number of benzene rings is 2. The van der Waals surface area contributed by atoms with Gasteiger partial charge in [-0.15, -0.1) is 10.2 Å². The van der Waals surface area contributed by atoms with E-state index in [4.69, 9.17) is 9.05 Å². The van der Waals surface area contributed by atoms with Crippen molar-refractivity contribution in [3.63, 3.8) is 0 Å². The highest BCUT2D eigenvalue weighted by Gasteiger charge is 2.26. The van der Waals surface area contributed by atoms with Gasteiger partial charge >= 0.3 is 8.25 Å². The van der Waals surface area contributed by atoms with E-state index in [1.807, 2.05) is 0 Å². The van der Waals surface area contributed by atoms with Crippen LogP contribution in [0.3, 0.4) is 0 Å². The minimum atomic E-state index is -3.54. The molecule has 18 heteroatoms. The van der Waals surface area contributed by atoms with Gasteiger partial charge in [0.25, 0.3) is 11.8 Å². The van der Waals surface area contributed by atoms with Crippen molar-refractivity contribution < 1.29 is 33.4 Å². The van der Waals surface area contributed by atoms with Crippen molar-refractivity contribution in [3.8, 4) is 34.8 Å². The molecule has 0 aliphatic heterocycles. The van der Waals surface area contributed by atoms with E-state index in [1.54, 1.807) is 84.9 Å². The second-order valence-electron chi connectivity index (χ2n) is 10.1. The summed E-state index contributed by atoms with van der Waals surface area (Å²) in [6.07, 6.45) is 2.41. The van der Waals surface area contributed by atoms with Crippen LogP contribution >= 0.6 is 8.25 Å². The number of nitrogens with zero attached hydrogens (tertiary/aromatic N) is 8. The summed E-state index contributed by atoms with van der Waals surface area (Å²) < 4.78 is 24.9. The molecule has 0 fully saturated rings. The molecule has 17 nitrogen and oxygen atoms in total. The zero-order chi connectivity index (χ0) is 34.9. The first-order valence-electron chi connectivity index (χ1n) is 14.6. The first-order chi connectivity index (χ1) is 24.4. The molecule has 0 aliphatic carbocycles. The number of carbonyl (C=O) groups is 2. The van der Waals surface area contributed by atoms with Crippen LogP contribution in [0.1, 0.15) is 44.3 Å². The Hall–Kier alpha value is -6.55. The lowest BCUT2D eigenvalue weighted by Crippen LogP contribution is -2.31. The molecular formula is C32H25N10O7P.